The molecule has 10 heteroatoms. The maximum atomic E-state index is 12.9. The molecule has 3 aromatic rings. The molecule has 3 rings (SSSR count). The van der Waals surface area contributed by atoms with Gasteiger partial charge in [-0.05, 0) is 42.7 Å². The highest BCUT2D eigenvalue weighted by Gasteiger charge is 2.26. The van der Waals surface area contributed by atoms with Crippen LogP contribution in [0.2, 0.25) is 0 Å². The van der Waals surface area contributed by atoms with E-state index in [1.807, 2.05) is 45.0 Å². The van der Waals surface area contributed by atoms with E-state index in [9.17, 15) is 19.7 Å². The summed E-state index contributed by atoms with van der Waals surface area (Å²) in [6, 6.07) is 12.9. The van der Waals surface area contributed by atoms with E-state index in [1.165, 1.54) is 35.6 Å². The molecule has 176 valence electrons. The number of nitrogens with zero attached hydrogens (tertiary/aromatic N) is 3. The van der Waals surface area contributed by atoms with Crippen molar-refractivity contribution in [2.24, 2.45) is 5.92 Å². The van der Waals surface area contributed by atoms with Crippen LogP contribution in [-0.4, -0.2) is 33.0 Å². The van der Waals surface area contributed by atoms with Gasteiger partial charge in [0, 0.05) is 23.8 Å². The number of nitro benzene ring substituents is 1. The Morgan fingerprint density at radius 1 is 1.18 bits per heavy atom. The first kappa shape index (κ1) is 24.7. The third-order valence-corrected chi connectivity index (χ3v) is 6.13. The number of hydrogen-bond acceptors (Lipinski definition) is 7. The molecular weight excluding hydrogens is 454 g/mol. The van der Waals surface area contributed by atoms with Gasteiger partial charge in [-0.2, -0.15) is 0 Å². The van der Waals surface area contributed by atoms with Crippen molar-refractivity contribution in [3.05, 3.63) is 75.8 Å². The molecule has 2 unspecified atom stereocenters. The first-order valence-electron chi connectivity index (χ1n) is 10.7. The first-order valence-corrected chi connectivity index (χ1v) is 11.5. The Morgan fingerprint density at radius 2 is 1.91 bits per heavy atom. The van der Waals surface area contributed by atoms with Crippen molar-refractivity contribution in [2.75, 3.05) is 5.32 Å². The number of nitrogens with one attached hydrogen (secondary N) is 2. The Labute approximate surface area is 201 Å². The number of hydrogen-bond donors (Lipinski definition) is 2. The van der Waals surface area contributed by atoms with Gasteiger partial charge < -0.3 is 5.32 Å². The second-order valence-corrected chi connectivity index (χ2v) is 8.80. The van der Waals surface area contributed by atoms with Crippen molar-refractivity contribution in [1.82, 2.24) is 15.5 Å². The number of carbonyl (C=O) groups excluding carboxylic acids is 2. The zero-order valence-electron chi connectivity index (χ0n) is 19.0. The van der Waals surface area contributed by atoms with E-state index in [2.05, 4.69) is 20.8 Å². The molecule has 9 nitrogen and oxygen atoms in total. The van der Waals surface area contributed by atoms with Crippen molar-refractivity contribution in [3.63, 3.8) is 0 Å². The van der Waals surface area contributed by atoms with E-state index >= 15 is 0 Å². The summed E-state index contributed by atoms with van der Waals surface area (Å²) >= 11 is 1.26. The number of carbonyl (C=O) groups is 2. The van der Waals surface area contributed by atoms with Crippen molar-refractivity contribution in [2.45, 2.75) is 33.2 Å². The molecule has 0 radical (unpaired) electrons. The third-order valence-electron chi connectivity index (χ3n) is 5.24. The van der Waals surface area contributed by atoms with E-state index in [-0.39, 0.29) is 17.5 Å². The van der Waals surface area contributed by atoms with Gasteiger partial charge in [0.2, 0.25) is 16.9 Å². The second kappa shape index (κ2) is 11.3. The topological polar surface area (TPSA) is 127 Å². The maximum absolute atomic E-state index is 12.9. The van der Waals surface area contributed by atoms with Gasteiger partial charge in [0.15, 0.2) is 0 Å². The summed E-state index contributed by atoms with van der Waals surface area (Å²) < 4.78 is 0. The zero-order valence-corrected chi connectivity index (χ0v) is 19.8. The molecule has 0 aliphatic carbocycles. The van der Waals surface area contributed by atoms with Crippen LogP contribution in [0, 0.1) is 23.0 Å². The fraction of sp³-hybridized carbons (Fsp3) is 0.250. The minimum Gasteiger partial charge on any atom is -0.340 e. The van der Waals surface area contributed by atoms with Gasteiger partial charge in [0.05, 0.1) is 4.92 Å². The molecule has 0 saturated heterocycles. The highest BCUT2D eigenvalue weighted by molar-refractivity contribution is 7.18. The number of benzene rings is 2. The Hall–Kier alpha value is -3.92. The molecule has 2 aromatic carbocycles. The highest BCUT2D eigenvalue weighted by Crippen LogP contribution is 2.27. The van der Waals surface area contributed by atoms with Gasteiger partial charge in [-0.15, -0.1) is 10.2 Å². The Bertz CT molecular complexity index is 1210. The van der Waals surface area contributed by atoms with Crippen LogP contribution in [0.3, 0.4) is 0 Å². The average Bonchev–Trinajstić information content (AvgIpc) is 3.29. The van der Waals surface area contributed by atoms with Crippen molar-refractivity contribution >= 4 is 40.0 Å². The summed E-state index contributed by atoms with van der Waals surface area (Å²) in [6.07, 6.45) is 3.50. The van der Waals surface area contributed by atoms with E-state index < -0.39 is 16.9 Å². The van der Waals surface area contributed by atoms with E-state index in [0.717, 1.165) is 11.1 Å². The van der Waals surface area contributed by atoms with Crippen molar-refractivity contribution in [1.29, 1.82) is 0 Å². The van der Waals surface area contributed by atoms with Gasteiger partial charge >= 0.3 is 0 Å². The molecule has 1 heterocycles. The summed E-state index contributed by atoms with van der Waals surface area (Å²) in [5.74, 6) is -0.948. The number of amides is 2. The van der Waals surface area contributed by atoms with Gasteiger partial charge in [-0.25, -0.2) is 0 Å². The van der Waals surface area contributed by atoms with Crippen LogP contribution in [0.1, 0.15) is 31.4 Å². The van der Waals surface area contributed by atoms with Gasteiger partial charge in [0.1, 0.15) is 11.0 Å². The van der Waals surface area contributed by atoms with Gasteiger partial charge in [-0.1, -0.05) is 55.4 Å². The molecule has 2 amide bonds. The van der Waals surface area contributed by atoms with Crippen LogP contribution in [0.5, 0.6) is 0 Å². The molecule has 34 heavy (non-hydrogen) atoms. The molecular formula is C24H25N5O4S. The predicted octanol–water partition coefficient (Wildman–Crippen LogP) is 4.60. The minimum absolute atomic E-state index is 0.0302. The number of non-ortho nitro benzene ring substituents is 1. The Morgan fingerprint density at radius 3 is 2.56 bits per heavy atom. The SMILES string of the molecule is CCC(C)C(NC(=O)/C=C/c1ccc([N+](=O)[O-])cc1)C(=O)Nc1nnc(-c2cccc(C)c2)s1. The molecule has 0 saturated carbocycles. The summed E-state index contributed by atoms with van der Waals surface area (Å²) in [7, 11) is 0. The molecule has 0 spiro atoms. The molecule has 2 N–H and O–H groups in total. The van der Waals surface area contributed by atoms with E-state index in [0.29, 0.717) is 22.1 Å². The van der Waals surface area contributed by atoms with Gasteiger partial charge in [-0.3, -0.25) is 25.0 Å². The first-order chi connectivity index (χ1) is 16.3. The molecule has 0 bridgehead atoms. The fourth-order valence-electron chi connectivity index (χ4n) is 3.13. The van der Waals surface area contributed by atoms with E-state index in [4.69, 9.17) is 0 Å². The second-order valence-electron chi connectivity index (χ2n) is 7.82. The molecule has 0 aliphatic rings. The molecule has 0 aliphatic heterocycles. The van der Waals surface area contributed by atoms with Crippen LogP contribution in [0.4, 0.5) is 10.8 Å². The van der Waals surface area contributed by atoms with Gasteiger partial charge in [0.25, 0.3) is 5.69 Å². The van der Waals surface area contributed by atoms with Crippen LogP contribution in [-0.2, 0) is 9.59 Å². The van der Waals surface area contributed by atoms with E-state index in [1.54, 1.807) is 12.1 Å². The third kappa shape index (κ3) is 6.55. The summed E-state index contributed by atoms with van der Waals surface area (Å²) in [5.41, 5.74) is 2.61. The lowest BCUT2D eigenvalue weighted by Crippen LogP contribution is -2.47. The highest BCUT2D eigenvalue weighted by atomic mass is 32.1. The molecule has 0 fully saturated rings. The Balaban J connectivity index is 1.66. The number of nitro groups is 1. The fourth-order valence-corrected chi connectivity index (χ4v) is 3.88. The quantitative estimate of drug-likeness (QED) is 0.262. The normalized spacial score (nSPS) is 12.8. The lowest BCUT2D eigenvalue weighted by Gasteiger charge is -2.22. The molecule has 1 aromatic heterocycles. The maximum Gasteiger partial charge on any atom is 0.269 e. The smallest absolute Gasteiger partial charge is 0.269 e. The summed E-state index contributed by atoms with van der Waals surface area (Å²) in [4.78, 5) is 35.7. The van der Waals surface area contributed by atoms with Crippen molar-refractivity contribution < 1.29 is 14.5 Å². The average molecular weight is 480 g/mol. The monoisotopic (exact) mass is 479 g/mol. The van der Waals surface area contributed by atoms with Crippen LogP contribution in [0.15, 0.2) is 54.6 Å². The lowest BCUT2D eigenvalue weighted by atomic mass is 9.98. The summed E-state index contributed by atoms with van der Waals surface area (Å²) in [5, 5.41) is 25.5. The standard InChI is InChI=1S/C24H25N5O4S/c1-4-16(3)21(25-20(30)13-10-17-8-11-19(12-9-17)29(32)33)22(31)26-24-28-27-23(34-24)18-7-5-6-15(2)14-18/h5-14,16,21H,4H2,1-3H3,(H,25,30)(H,26,28,31)/b13-10+. The lowest BCUT2D eigenvalue weighted by molar-refractivity contribution is -0.384. The van der Waals surface area contributed by atoms with Crippen LogP contribution >= 0.6 is 11.3 Å². The predicted molar refractivity (Wildman–Crippen MR) is 132 cm³/mol. The van der Waals surface area contributed by atoms with Crippen LogP contribution in [0.25, 0.3) is 16.6 Å². The number of rotatable bonds is 9. The number of aryl methyl sites for hydroxylation is 1. The Kier molecular flexibility index (Phi) is 8.20. The minimum atomic E-state index is -0.773. The number of aromatic nitrogens is 2. The van der Waals surface area contributed by atoms with Crippen LogP contribution < -0.4 is 10.6 Å². The zero-order chi connectivity index (χ0) is 24.7. The largest absolute Gasteiger partial charge is 0.340 e. The summed E-state index contributed by atoms with van der Waals surface area (Å²) in [6.45, 7) is 5.80. The van der Waals surface area contributed by atoms with Crippen molar-refractivity contribution in [3.8, 4) is 10.6 Å². The molecule has 2 atom stereocenters. The number of anilines is 1.